The Kier molecular flexibility index (Phi) is 3.97. The van der Waals surface area contributed by atoms with Gasteiger partial charge in [-0.2, -0.15) is 0 Å². The molecule has 2 nitrogen and oxygen atoms in total. The second-order valence-electron chi connectivity index (χ2n) is 5.05. The lowest BCUT2D eigenvalue weighted by molar-refractivity contribution is 0.0635. The highest BCUT2D eigenvalue weighted by molar-refractivity contribution is 5.21. The lowest BCUT2D eigenvalue weighted by Crippen LogP contribution is -2.40. The maximum atomic E-state index is 13.8. The minimum absolute atomic E-state index is 0.0487. The number of hydrogen-bond acceptors (Lipinski definition) is 2. The molecule has 0 bridgehead atoms. The Morgan fingerprint density at radius 1 is 1.44 bits per heavy atom. The van der Waals surface area contributed by atoms with E-state index < -0.39 is 11.6 Å². The molecule has 0 spiro atoms. The van der Waals surface area contributed by atoms with E-state index in [1.54, 1.807) is 12.1 Å². The molecule has 1 fully saturated rings. The average molecular weight is 255 g/mol. The van der Waals surface area contributed by atoms with Crippen molar-refractivity contribution in [3.05, 3.63) is 35.4 Å². The van der Waals surface area contributed by atoms with E-state index in [0.29, 0.717) is 18.6 Å². The second-order valence-corrected chi connectivity index (χ2v) is 5.05. The van der Waals surface area contributed by atoms with Crippen LogP contribution < -0.4 is 5.32 Å². The SMILES string of the molecule is CNCC1(Cc2cccc(F)c2F)CCOC1C. The van der Waals surface area contributed by atoms with E-state index >= 15 is 0 Å². The summed E-state index contributed by atoms with van der Waals surface area (Å²) in [6.45, 7) is 3.42. The zero-order valence-electron chi connectivity index (χ0n) is 10.8. The van der Waals surface area contributed by atoms with Gasteiger partial charge in [-0.05, 0) is 38.4 Å². The number of nitrogens with one attached hydrogen (secondary N) is 1. The summed E-state index contributed by atoms with van der Waals surface area (Å²) in [6, 6.07) is 4.36. The predicted octanol–water partition coefficient (Wildman–Crippen LogP) is 2.52. The summed E-state index contributed by atoms with van der Waals surface area (Å²) >= 11 is 0. The van der Waals surface area contributed by atoms with Crippen molar-refractivity contribution in [1.82, 2.24) is 5.32 Å². The molecule has 0 aromatic heterocycles. The molecular formula is C14H19F2NO. The predicted molar refractivity (Wildman–Crippen MR) is 66.5 cm³/mol. The van der Waals surface area contributed by atoms with Gasteiger partial charge in [0.1, 0.15) is 0 Å². The van der Waals surface area contributed by atoms with Gasteiger partial charge >= 0.3 is 0 Å². The van der Waals surface area contributed by atoms with Crippen molar-refractivity contribution in [2.45, 2.75) is 25.9 Å². The highest BCUT2D eigenvalue weighted by Crippen LogP contribution is 2.38. The van der Waals surface area contributed by atoms with E-state index in [2.05, 4.69) is 5.32 Å². The van der Waals surface area contributed by atoms with Crippen LogP contribution in [0.25, 0.3) is 0 Å². The van der Waals surface area contributed by atoms with E-state index in [9.17, 15) is 8.78 Å². The topological polar surface area (TPSA) is 21.3 Å². The van der Waals surface area contributed by atoms with Crippen molar-refractivity contribution < 1.29 is 13.5 Å². The quantitative estimate of drug-likeness (QED) is 0.892. The molecule has 1 aromatic rings. The molecule has 1 aliphatic heterocycles. The van der Waals surface area contributed by atoms with Gasteiger partial charge in [0, 0.05) is 18.6 Å². The molecule has 0 radical (unpaired) electrons. The van der Waals surface area contributed by atoms with Crippen LogP contribution in [-0.2, 0) is 11.2 Å². The van der Waals surface area contributed by atoms with E-state index in [1.165, 1.54) is 0 Å². The molecule has 0 amide bonds. The Bertz CT molecular complexity index is 424. The first-order chi connectivity index (χ1) is 8.59. The number of benzene rings is 1. The third-order valence-corrected chi connectivity index (χ3v) is 3.93. The van der Waals surface area contributed by atoms with Crippen LogP contribution in [0.4, 0.5) is 8.78 Å². The van der Waals surface area contributed by atoms with Crippen molar-refractivity contribution >= 4 is 0 Å². The van der Waals surface area contributed by atoms with Gasteiger partial charge in [-0.15, -0.1) is 0 Å². The molecule has 2 unspecified atom stereocenters. The lowest BCUT2D eigenvalue weighted by atomic mass is 9.76. The summed E-state index contributed by atoms with van der Waals surface area (Å²) in [4.78, 5) is 0. The Balaban J connectivity index is 2.26. The molecular weight excluding hydrogens is 236 g/mol. The molecule has 4 heteroatoms. The monoisotopic (exact) mass is 255 g/mol. The minimum atomic E-state index is -0.779. The lowest BCUT2D eigenvalue weighted by Gasteiger charge is -2.32. The number of hydrogen-bond donors (Lipinski definition) is 1. The van der Waals surface area contributed by atoms with Crippen molar-refractivity contribution in [1.29, 1.82) is 0 Å². The fourth-order valence-electron chi connectivity index (χ4n) is 2.76. The van der Waals surface area contributed by atoms with Gasteiger partial charge in [-0.3, -0.25) is 0 Å². The Labute approximate surface area is 106 Å². The number of rotatable bonds is 4. The highest BCUT2D eigenvalue weighted by Gasteiger charge is 2.41. The summed E-state index contributed by atoms with van der Waals surface area (Å²) in [5, 5.41) is 3.14. The molecule has 1 aromatic carbocycles. The summed E-state index contributed by atoms with van der Waals surface area (Å²) in [5.74, 6) is -1.51. The molecule has 2 rings (SSSR count). The van der Waals surface area contributed by atoms with E-state index in [1.807, 2.05) is 14.0 Å². The van der Waals surface area contributed by atoms with Crippen molar-refractivity contribution in [2.24, 2.45) is 5.41 Å². The van der Waals surface area contributed by atoms with Crippen molar-refractivity contribution in [3.63, 3.8) is 0 Å². The summed E-state index contributed by atoms with van der Waals surface area (Å²) in [6.07, 6.45) is 1.41. The van der Waals surface area contributed by atoms with Crippen LogP contribution in [0.5, 0.6) is 0 Å². The van der Waals surface area contributed by atoms with Gasteiger partial charge in [0.15, 0.2) is 11.6 Å². The smallest absolute Gasteiger partial charge is 0.162 e. The van der Waals surface area contributed by atoms with Crippen LogP contribution in [0.3, 0.4) is 0 Å². The minimum Gasteiger partial charge on any atom is -0.378 e. The summed E-state index contributed by atoms with van der Waals surface area (Å²) < 4.78 is 32.6. The van der Waals surface area contributed by atoms with Gasteiger partial charge < -0.3 is 10.1 Å². The third kappa shape index (κ3) is 2.40. The molecule has 100 valence electrons. The summed E-state index contributed by atoms with van der Waals surface area (Å²) in [7, 11) is 1.87. The zero-order chi connectivity index (χ0) is 13.2. The van der Waals surface area contributed by atoms with E-state index in [4.69, 9.17) is 4.74 Å². The fourth-order valence-corrected chi connectivity index (χ4v) is 2.76. The number of halogens is 2. The standard InChI is InChI=1S/C14H19F2NO/c1-10-14(9-17-2,6-7-18-10)8-11-4-3-5-12(15)13(11)16/h3-5,10,17H,6-9H2,1-2H3. The van der Waals surface area contributed by atoms with Crippen LogP contribution in [0.15, 0.2) is 18.2 Å². The molecule has 1 aliphatic rings. The highest BCUT2D eigenvalue weighted by atomic mass is 19.2. The Morgan fingerprint density at radius 3 is 2.83 bits per heavy atom. The average Bonchev–Trinajstić information content (AvgIpc) is 2.68. The second kappa shape index (κ2) is 5.33. The molecule has 1 N–H and O–H groups in total. The molecule has 0 saturated carbocycles. The number of ether oxygens (including phenoxy) is 1. The van der Waals surface area contributed by atoms with Crippen LogP contribution in [0.2, 0.25) is 0 Å². The third-order valence-electron chi connectivity index (χ3n) is 3.93. The Morgan fingerprint density at radius 2 is 2.22 bits per heavy atom. The van der Waals surface area contributed by atoms with Gasteiger partial charge in [-0.1, -0.05) is 12.1 Å². The van der Waals surface area contributed by atoms with Crippen molar-refractivity contribution in [2.75, 3.05) is 20.2 Å². The van der Waals surface area contributed by atoms with Crippen LogP contribution >= 0.6 is 0 Å². The molecule has 1 saturated heterocycles. The first-order valence-corrected chi connectivity index (χ1v) is 6.28. The van der Waals surface area contributed by atoms with Crippen LogP contribution in [-0.4, -0.2) is 26.3 Å². The van der Waals surface area contributed by atoms with Crippen molar-refractivity contribution in [3.8, 4) is 0 Å². The van der Waals surface area contributed by atoms with Gasteiger partial charge in [0.25, 0.3) is 0 Å². The first kappa shape index (κ1) is 13.4. The fraction of sp³-hybridized carbons (Fsp3) is 0.571. The molecule has 18 heavy (non-hydrogen) atoms. The van der Waals surface area contributed by atoms with E-state index in [0.717, 1.165) is 19.0 Å². The van der Waals surface area contributed by atoms with E-state index in [-0.39, 0.29) is 11.5 Å². The Hall–Kier alpha value is -1.00. The molecule has 2 atom stereocenters. The van der Waals surface area contributed by atoms with Gasteiger partial charge in [0.2, 0.25) is 0 Å². The molecule has 0 aliphatic carbocycles. The maximum absolute atomic E-state index is 13.8. The van der Waals surface area contributed by atoms with Gasteiger partial charge in [0.05, 0.1) is 6.10 Å². The van der Waals surface area contributed by atoms with Crippen LogP contribution in [0, 0.1) is 17.0 Å². The van der Waals surface area contributed by atoms with Gasteiger partial charge in [-0.25, -0.2) is 8.78 Å². The largest absolute Gasteiger partial charge is 0.378 e. The first-order valence-electron chi connectivity index (χ1n) is 6.28. The molecule has 1 heterocycles. The normalized spacial score (nSPS) is 27.7. The zero-order valence-corrected chi connectivity index (χ0v) is 10.8. The maximum Gasteiger partial charge on any atom is 0.162 e. The summed E-state index contributed by atoms with van der Waals surface area (Å²) in [5.41, 5.74) is 0.284. The van der Waals surface area contributed by atoms with Crippen LogP contribution in [0.1, 0.15) is 18.9 Å².